The van der Waals surface area contributed by atoms with Crippen LogP contribution in [-0.2, 0) is 37.8 Å². The Morgan fingerprint density at radius 1 is 0.551 bits per heavy atom. The second-order valence-corrected chi connectivity index (χ2v) is 26.7. The molecular formula is C82H91Cl2F12N9O2. The van der Waals surface area contributed by atoms with Crippen molar-refractivity contribution < 1.29 is 62.2 Å². The smallest absolute Gasteiger partial charge is 0.410 e. The van der Waals surface area contributed by atoms with Crippen molar-refractivity contribution in [1.82, 2.24) is 20.4 Å². The van der Waals surface area contributed by atoms with Gasteiger partial charge in [-0.15, -0.1) is 23.2 Å². The van der Waals surface area contributed by atoms with E-state index in [0.717, 1.165) is 61.2 Å². The van der Waals surface area contributed by atoms with E-state index in [1.54, 1.807) is 55.4 Å². The van der Waals surface area contributed by atoms with Crippen LogP contribution in [0.15, 0.2) is 180 Å². The second kappa shape index (κ2) is 40.7. The molecule has 107 heavy (non-hydrogen) atoms. The molecule has 0 saturated heterocycles. The Balaban J connectivity index is 0.000000282. The number of ether oxygens (including phenoxy) is 2. The van der Waals surface area contributed by atoms with Crippen LogP contribution >= 0.6 is 23.2 Å². The topological polar surface area (TPSA) is 147 Å². The predicted octanol–water partition coefficient (Wildman–Crippen LogP) is 22.6. The van der Waals surface area contributed by atoms with Crippen LogP contribution in [0, 0.1) is 50.6 Å². The molecule has 25 heteroatoms. The number of nitrogens with one attached hydrogen (secondary N) is 2. The third kappa shape index (κ3) is 26.7. The summed E-state index contributed by atoms with van der Waals surface area (Å²) >= 11 is 10.1. The number of halogens is 14. The average Bonchev–Trinajstić information content (AvgIpc) is 1.64. The number of rotatable bonds is 18. The van der Waals surface area contributed by atoms with Crippen LogP contribution in [0.1, 0.15) is 164 Å². The Labute approximate surface area is 630 Å². The number of guanidine groups is 1. The van der Waals surface area contributed by atoms with Crippen LogP contribution in [-0.4, -0.2) is 65.3 Å². The van der Waals surface area contributed by atoms with Crippen molar-refractivity contribution in [1.29, 1.82) is 10.5 Å². The quantitative estimate of drug-likeness (QED) is 0.0191. The largest absolute Gasteiger partial charge is 0.416 e. The zero-order chi connectivity index (χ0) is 79.7. The zero-order valence-corrected chi connectivity index (χ0v) is 63.5. The minimum atomic E-state index is -4.98. The second-order valence-electron chi connectivity index (χ2n) is 26.0. The van der Waals surface area contributed by atoms with Crippen molar-refractivity contribution in [3.05, 3.63) is 248 Å². The van der Waals surface area contributed by atoms with Crippen LogP contribution in [0.2, 0.25) is 0 Å². The first-order chi connectivity index (χ1) is 50.3. The van der Waals surface area contributed by atoms with Gasteiger partial charge in [-0.2, -0.15) is 63.2 Å². The molecule has 4 N–H and O–H groups in total. The van der Waals surface area contributed by atoms with Gasteiger partial charge in [0.2, 0.25) is 12.2 Å². The highest BCUT2D eigenvalue weighted by Crippen LogP contribution is 2.43. The molecule has 8 aromatic carbocycles. The van der Waals surface area contributed by atoms with Crippen molar-refractivity contribution >= 4 is 35.2 Å². The Bertz CT molecular complexity index is 4190. The maximum Gasteiger partial charge on any atom is 0.416 e. The van der Waals surface area contributed by atoms with Gasteiger partial charge in [0, 0.05) is 36.9 Å². The van der Waals surface area contributed by atoms with E-state index < -0.39 is 71.1 Å². The van der Waals surface area contributed by atoms with Crippen LogP contribution < -0.4 is 25.8 Å². The van der Waals surface area contributed by atoms with Gasteiger partial charge in [0.05, 0.1) is 34.3 Å². The fourth-order valence-electron chi connectivity index (χ4n) is 11.4. The number of hydrogen-bond donors (Lipinski definition) is 3. The van der Waals surface area contributed by atoms with E-state index in [-0.39, 0.29) is 41.8 Å². The highest BCUT2D eigenvalue weighted by molar-refractivity contribution is 6.25. The zero-order valence-electron chi connectivity index (χ0n) is 61.9. The molecule has 0 unspecified atom stereocenters. The number of aliphatic imine (C=N–C) groups is 2. The number of para-hydroxylation sites is 2. The van der Waals surface area contributed by atoms with Crippen molar-refractivity contribution in [2.75, 3.05) is 31.4 Å². The Morgan fingerprint density at radius 2 is 0.963 bits per heavy atom. The molecule has 1 aliphatic heterocycles. The van der Waals surface area contributed by atoms with Crippen molar-refractivity contribution in [2.24, 2.45) is 15.7 Å². The van der Waals surface area contributed by atoms with Crippen LogP contribution in [0.3, 0.4) is 0 Å². The summed E-state index contributed by atoms with van der Waals surface area (Å²) < 4.78 is 172. The summed E-state index contributed by atoms with van der Waals surface area (Å²) in [4.78, 5) is 12.0. The van der Waals surface area contributed by atoms with Gasteiger partial charge in [-0.25, -0.2) is 4.99 Å². The van der Waals surface area contributed by atoms with E-state index in [0.29, 0.717) is 65.9 Å². The number of benzene rings is 8. The monoisotopic (exact) mass is 1530 g/mol. The van der Waals surface area contributed by atoms with E-state index in [4.69, 9.17) is 43.7 Å². The van der Waals surface area contributed by atoms with Gasteiger partial charge in [0.1, 0.15) is 11.5 Å². The van der Waals surface area contributed by atoms with E-state index in [1.807, 2.05) is 100 Å². The Hall–Kier alpha value is -9.10. The lowest BCUT2D eigenvalue weighted by molar-refractivity contribution is -0.144. The van der Waals surface area contributed by atoms with Gasteiger partial charge < -0.3 is 30.3 Å². The molecule has 0 aromatic heterocycles. The van der Waals surface area contributed by atoms with Gasteiger partial charge in [0.25, 0.3) is 0 Å². The third-order valence-electron chi connectivity index (χ3n) is 17.5. The third-order valence-corrected chi connectivity index (χ3v) is 18.1. The summed E-state index contributed by atoms with van der Waals surface area (Å²) in [6.07, 6.45) is -16.5. The van der Waals surface area contributed by atoms with Gasteiger partial charge in [0.15, 0.2) is 6.19 Å². The molecule has 0 saturated carbocycles. The summed E-state index contributed by atoms with van der Waals surface area (Å²) in [7, 11) is 0. The minimum Gasteiger partial charge on any atom is -0.410 e. The summed E-state index contributed by atoms with van der Waals surface area (Å²) in [5, 5.41) is 23.7. The molecule has 9 rings (SSSR count). The van der Waals surface area contributed by atoms with E-state index in [2.05, 4.69) is 110 Å². The molecule has 0 aliphatic carbocycles. The summed E-state index contributed by atoms with van der Waals surface area (Å²) in [6.45, 7) is 30.4. The lowest BCUT2D eigenvalue weighted by Gasteiger charge is -2.29. The molecule has 0 amide bonds. The number of nitriles is 2. The van der Waals surface area contributed by atoms with Crippen LogP contribution in [0.25, 0.3) is 22.3 Å². The highest BCUT2D eigenvalue weighted by Gasteiger charge is 2.42. The van der Waals surface area contributed by atoms with Crippen molar-refractivity contribution in [3.8, 4) is 46.1 Å². The molecule has 1 aliphatic rings. The van der Waals surface area contributed by atoms with Gasteiger partial charge in [-0.05, 0) is 200 Å². The molecule has 0 radical (unpaired) electrons. The van der Waals surface area contributed by atoms with Crippen molar-refractivity contribution in [2.45, 2.75) is 164 Å². The van der Waals surface area contributed by atoms with Crippen molar-refractivity contribution in [3.63, 3.8) is 0 Å². The first-order valence-corrected chi connectivity index (χ1v) is 35.6. The maximum absolute atomic E-state index is 13.6. The maximum atomic E-state index is 13.6. The number of hydrogen-bond acceptors (Lipinski definition) is 11. The highest BCUT2D eigenvalue weighted by atomic mass is 35.5. The number of nitrogens with zero attached hydrogens (tertiary/aromatic N) is 6. The Kier molecular flexibility index (Phi) is 33.7. The van der Waals surface area contributed by atoms with Gasteiger partial charge in [-0.1, -0.05) is 174 Å². The first kappa shape index (κ1) is 88.5. The lowest BCUT2D eigenvalue weighted by atomic mass is 9.90. The summed E-state index contributed by atoms with van der Waals surface area (Å²) in [6, 6.07) is 42.2. The Morgan fingerprint density at radius 3 is 1.34 bits per heavy atom. The summed E-state index contributed by atoms with van der Waals surface area (Å²) in [5.74, 6) is 2.96. The van der Waals surface area contributed by atoms with Crippen LogP contribution in [0.5, 0.6) is 11.5 Å². The molecular weight excluding hydrogens is 1440 g/mol. The first-order valence-electron chi connectivity index (χ1n) is 34.6. The summed E-state index contributed by atoms with van der Waals surface area (Å²) in [5.41, 5.74) is 12.6. The number of nitrogens with two attached hydrogens (primary N) is 1. The normalized spacial score (nSPS) is 14.1. The lowest BCUT2D eigenvalue weighted by Crippen LogP contribution is -2.40. The molecule has 0 spiro atoms. The standard InChI is InChI=1S/C31H30F6N4.C29H32F6N2.C14H10N2O2.C6H15N.C2H4Cl2/c1-17(2)21-8-7-19(4)27(13-21)26-9-6-18(3)10-23(26)15-41-20(5)28(40-29(41)39-16-38)22-11-24(30(32,33)34)14-25(12-22)31(35,36)37;1-16(2)20-8-7-18(4)26(13-20)25-9-6-17(3)10-22(25)15-37-19(5)27(36)21-11-23(28(30,31)32)14-24(12-21)29(33,34)35;15-11-16-14(17-12-7-3-1-4-8-12)18-13-9-5-2-6-10-13;1-4-7(5-2)6-3;3-1-2-4/h6-14,17,20,28H,15H2,1-5H3,(H,39,40);6-14,16,19,27,37H,15,36H2,1-5H3;1-10H;4-6H2,1-3H3;1-2H2/t20-,28-;19-,27-;;;/m00.../s1. The average molecular weight is 1530 g/mol. The predicted molar refractivity (Wildman–Crippen MR) is 403 cm³/mol. The SMILES string of the molecule is CCN(CC)CC.Cc1ccc(-c2cc(C(C)C)ccc2C)c(CN2C(NC#N)=N[C@H](c3cc(C(F)(F)F)cc(C(F)(F)F)c3)[C@@H]2C)c1.Cc1ccc(-c2cc(C(C)C)ccc2C)c(CN[C@@H](C)[C@H](N)c2cc(C(F)(F)F)cc(C(F)(F)F)c2)c1.ClCCCl.N#CN=C(Oc1ccccc1)Oc1ccccc1. The van der Waals surface area contributed by atoms with Gasteiger partial charge >= 0.3 is 30.8 Å². The molecule has 0 fully saturated rings. The fraction of sp³-hybridized carbons (Fsp3) is 0.366. The van der Waals surface area contributed by atoms with Crippen LogP contribution in [0.4, 0.5) is 52.7 Å². The molecule has 574 valence electrons. The molecule has 4 atom stereocenters. The van der Waals surface area contributed by atoms with E-state index in [9.17, 15) is 57.9 Å². The van der Waals surface area contributed by atoms with Gasteiger partial charge in [-0.3, -0.25) is 5.32 Å². The minimum absolute atomic E-state index is 0.0797. The number of alkyl halides is 14. The molecule has 1 heterocycles. The molecule has 0 bridgehead atoms. The van der Waals surface area contributed by atoms with E-state index in [1.165, 1.54) is 25.2 Å². The van der Waals surface area contributed by atoms with E-state index >= 15 is 0 Å². The molecule has 11 nitrogen and oxygen atoms in total. The fourth-order valence-corrected chi connectivity index (χ4v) is 11.4. The number of aryl methyl sites for hydroxylation is 4. The molecule has 8 aromatic rings.